The lowest BCUT2D eigenvalue weighted by molar-refractivity contribution is 0.120. The molecule has 2 aromatic carbocycles. The van der Waals surface area contributed by atoms with Crippen LogP contribution < -0.4 is 5.32 Å². The first-order valence-corrected chi connectivity index (χ1v) is 10.8. The molecule has 2 heterocycles. The molecule has 1 aliphatic heterocycles. The van der Waals surface area contributed by atoms with E-state index in [-0.39, 0.29) is 21.9 Å². The summed E-state index contributed by atoms with van der Waals surface area (Å²) in [5.41, 5.74) is 0.998. The highest BCUT2D eigenvalue weighted by Gasteiger charge is 2.28. The van der Waals surface area contributed by atoms with Crippen LogP contribution in [0.3, 0.4) is 0 Å². The molecule has 1 saturated heterocycles. The smallest absolute Gasteiger partial charge is 0.233 e. The summed E-state index contributed by atoms with van der Waals surface area (Å²) in [6, 6.07) is 18.0. The van der Waals surface area contributed by atoms with Gasteiger partial charge in [0.05, 0.1) is 11.0 Å². The summed E-state index contributed by atoms with van der Waals surface area (Å²) in [6.45, 7) is 1.22. The van der Waals surface area contributed by atoms with Crippen molar-refractivity contribution in [3.8, 4) is 0 Å². The van der Waals surface area contributed by atoms with Crippen molar-refractivity contribution in [1.82, 2.24) is 4.98 Å². The zero-order valence-corrected chi connectivity index (χ0v) is 16.2. The molecule has 1 N–H and O–H groups in total. The summed E-state index contributed by atoms with van der Waals surface area (Å²) in [7, 11) is -3.79. The third-order valence-corrected chi connectivity index (χ3v) is 6.34. The number of hydrogen-bond donors (Lipinski definition) is 1. The van der Waals surface area contributed by atoms with Gasteiger partial charge in [-0.25, -0.2) is 8.42 Å². The normalized spacial score (nSPS) is 16.9. The quantitative estimate of drug-likeness (QED) is 0.654. The van der Waals surface area contributed by atoms with Gasteiger partial charge in [0.2, 0.25) is 26.6 Å². The molecule has 0 radical (unpaired) electrons. The molecule has 1 aromatic heterocycles. The fourth-order valence-electron chi connectivity index (χ4n) is 3.21. The number of sulfone groups is 1. The maximum absolute atomic E-state index is 13.1. The molecule has 0 amide bonds. The van der Waals surface area contributed by atoms with Crippen LogP contribution in [0, 0.1) is 0 Å². The molecule has 1 fully saturated rings. The summed E-state index contributed by atoms with van der Waals surface area (Å²) in [6.07, 6.45) is 2.42. The van der Waals surface area contributed by atoms with Crippen LogP contribution >= 0.6 is 0 Å². The number of aromatic nitrogens is 1. The number of anilines is 1. The molecule has 3 aromatic rings. The van der Waals surface area contributed by atoms with Gasteiger partial charge in [-0.05, 0) is 30.5 Å². The van der Waals surface area contributed by atoms with E-state index in [0.29, 0.717) is 18.9 Å². The van der Waals surface area contributed by atoms with Crippen molar-refractivity contribution >= 4 is 15.7 Å². The Labute approximate surface area is 164 Å². The largest absolute Gasteiger partial charge is 0.423 e. The summed E-state index contributed by atoms with van der Waals surface area (Å²) in [5.74, 6) is 0.529. The van der Waals surface area contributed by atoms with Crippen molar-refractivity contribution in [2.45, 2.75) is 35.3 Å². The predicted octanol–water partition coefficient (Wildman–Crippen LogP) is 3.69. The van der Waals surface area contributed by atoms with E-state index in [9.17, 15) is 8.42 Å². The fourth-order valence-corrected chi connectivity index (χ4v) is 4.53. The van der Waals surface area contributed by atoms with Crippen LogP contribution in [-0.4, -0.2) is 32.7 Å². The molecule has 0 bridgehead atoms. The van der Waals surface area contributed by atoms with Gasteiger partial charge in [0.25, 0.3) is 0 Å². The fraction of sp³-hybridized carbons (Fsp3) is 0.286. The van der Waals surface area contributed by atoms with Crippen LogP contribution in [0.25, 0.3) is 0 Å². The van der Waals surface area contributed by atoms with Crippen molar-refractivity contribution in [2.24, 2.45) is 0 Å². The molecule has 1 aliphatic rings. The van der Waals surface area contributed by atoms with Gasteiger partial charge in [-0.3, -0.25) is 0 Å². The van der Waals surface area contributed by atoms with Gasteiger partial charge < -0.3 is 14.5 Å². The lowest BCUT2D eigenvalue weighted by Crippen LogP contribution is -2.19. The molecule has 28 heavy (non-hydrogen) atoms. The number of oxazole rings is 1. The monoisotopic (exact) mass is 398 g/mol. The maximum atomic E-state index is 13.1. The molecular formula is C21H22N2O4S. The summed E-state index contributed by atoms with van der Waals surface area (Å²) in [4.78, 5) is 4.53. The van der Waals surface area contributed by atoms with Crippen molar-refractivity contribution in [2.75, 3.05) is 18.5 Å². The average molecular weight is 398 g/mol. The first-order chi connectivity index (χ1) is 13.6. The Morgan fingerprint density at radius 2 is 1.75 bits per heavy atom. The van der Waals surface area contributed by atoms with Crippen LogP contribution in [0.5, 0.6) is 0 Å². The topological polar surface area (TPSA) is 81.4 Å². The first kappa shape index (κ1) is 18.7. The summed E-state index contributed by atoms with van der Waals surface area (Å²) >= 11 is 0. The molecule has 4 rings (SSSR count). The van der Waals surface area contributed by atoms with E-state index in [2.05, 4.69) is 10.3 Å². The second-order valence-electron chi connectivity index (χ2n) is 6.74. The van der Waals surface area contributed by atoms with Crippen molar-refractivity contribution < 1.29 is 17.6 Å². The Hall–Kier alpha value is -2.64. The Kier molecular flexibility index (Phi) is 5.45. The Balaban J connectivity index is 1.65. The van der Waals surface area contributed by atoms with Gasteiger partial charge in [-0.1, -0.05) is 48.5 Å². The van der Waals surface area contributed by atoms with Gasteiger partial charge >= 0.3 is 0 Å². The zero-order chi connectivity index (χ0) is 19.4. The minimum atomic E-state index is -3.79. The molecule has 1 atom stereocenters. The number of nitrogens with one attached hydrogen (secondary N) is 1. The molecule has 0 spiro atoms. The molecular weight excluding hydrogens is 376 g/mol. The van der Waals surface area contributed by atoms with Crippen LogP contribution in [0.1, 0.15) is 24.3 Å². The zero-order valence-electron chi connectivity index (χ0n) is 15.4. The molecule has 6 nitrogen and oxygen atoms in total. The van der Waals surface area contributed by atoms with Gasteiger partial charge in [0.1, 0.15) is 0 Å². The van der Waals surface area contributed by atoms with Crippen molar-refractivity contribution in [3.05, 3.63) is 72.1 Å². The maximum Gasteiger partial charge on any atom is 0.233 e. The SMILES string of the molecule is O=S(=O)(c1ccccc1)c1nc(Cc2ccccc2)oc1NCC1CCCO1. The number of hydrogen-bond acceptors (Lipinski definition) is 6. The number of benzene rings is 2. The highest BCUT2D eigenvalue weighted by molar-refractivity contribution is 7.91. The second kappa shape index (κ2) is 8.16. The lowest BCUT2D eigenvalue weighted by Gasteiger charge is -2.10. The van der Waals surface area contributed by atoms with E-state index in [0.717, 1.165) is 25.0 Å². The lowest BCUT2D eigenvalue weighted by atomic mass is 10.2. The summed E-state index contributed by atoms with van der Waals surface area (Å²) < 4.78 is 37.7. The van der Waals surface area contributed by atoms with Gasteiger partial charge in [-0.2, -0.15) is 4.98 Å². The Morgan fingerprint density at radius 1 is 1.04 bits per heavy atom. The highest BCUT2D eigenvalue weighted by Crippen LogP contribution is 2.29. The predicted molar refractivity (Wildman–Crippen MR) is 105 cm³/mol. The molecule has 0 saturated carbocycles. The van der Waals surface area contributed by atoms with E-state index >= 15 is 0 Å². The third kappa shape index (κ3) is 4.10. The van der Waals surface area contributed by atoms with E-state index in [1.165, 1.54) is 0 Å². The molecule has 146 valence electrons. The minimum absolute atomic E-state index is 0.0509. The van der Waals surface area contributed by atoms with Gasteiger partial charge in [0, 0.05) is 19.6 Å². The van der Waals surface area contributed by atoms with E-state index in [4.69, 9.17) is 9.15 Å². The van der Waals surface area contributed by atoms with Crippen LogP contribution in [0.15, 0.2) is 75.0 Å². The van der Waals surface area contributed by atoms with Crippen LogP contribution in [0.4, 0.5) is 5.88 Å². The van der Waals surface area contributed by atoms with Gasteiger partial charge in [0.15, 0.2) is 0 Å². The third-order valence-electron chi connectivity index (χ3n) is 4.66. The standard InChI is InChI=1S/C21H22N2O4S/c24-28(25,18-11-5-2-6-12-18)21-20(22-15-17-10-7-13-26-17)27-19(23-21)14-16-8-3-1-4-9-16/h1-6,8-9,11-12,17,22H,7,10,13-15H2. The number of ether oxygens (including phenoxy) is 1. The highest BCUT2D eigenvalue weighted by atomic mass is 32.2. The van der Waals surface area contributed by atoms with Crippen LogP contribution in [0.2, 0.25) is 0 Å². The van der Waals surface area contributed by atoms with E-state index < -0.39 is 9.84 Å². The van der Waals surface area contributed by atoms with Gasteiger partial charge in [-0.15, -0.1) is 0 Å². The second-order valence-corrected chi connectivity index (χ2v) is 8.60. The van der Waals surface area contributed by atoms with Crippen molar-refractivity contribution in [1.29, 1.82) is 0 Å². The Bertz CT molecular complexity index is 1010. The minimum Gasteiger partial charge on any atom is -0.423 e. The van der Waals surface area contributed by atoms with E-state index in [1.54, 1.807) is 30.3 Å². The number of nitrogens with zero attached hydrogens (tertiary/aromatic N) is 1. The Morgan fingerprint density at radius 3 is 2.43 bits per heavy atom. The van der Waals surface area contributed by atoms with E-state index in [1.807, 2.05) is 30.3 Å². The van der Waals surface area contributed by atoms with Crippen LogP contribution in [-0.2, 0) is 21.0 Å². The number of rotatable bonds is 7. The summed E-state index contributed by atoms with van der Waals surface area (Å²) in [5, 5.41) is 3.02. The first-order valence-electron chi connectivity index (χ1n) is 9.32. The van der Waals surface area contributed by atoms with Crippen molar-refractivity contribution in [3.63, 3.8) is 0 Å². The average Bonchev–Trinajstić information content (AvgIpc) is 3.38. The molecule has 0 aliphatic carbocycles. The molecule has 7 heteroatoms. The molecule has 1 unspecified atom stereocenters.